The molecule has 2 rings (SSSR count). The number of aliphatic hydroxyl groups is 1. The molecule has 0 saturated heterocycles. The summed E-state index contributed by atoms with van der Waals surface area (Å²) in [7, 11) is 4.19. The summed E-state index contributed by atoms with van der Waals surface area (Å²) in [5.74, 6) is 0.681. The van der Waals surface area contributed by atoms with Gasteiger partial charge in [-0.3, -0.25) is 0 Å². The van der Waals surface area contributed by atoms with E-state index in [9.17, 15) is 5.11 Å². The highest BCUT2D eigenvalue weighted by Gasteiger charge is 2.42. The van der Waals surface area contributed by atoms with Gasteiger partial charge in [0.25, 0.3) is 0 Å². The monoisotopic (exact) mass is 295 g/mol. The lowest BCUT2D eigenvalue weighted by Gasteiger charge is -2.48. The quantitative estimate of drug-likeness (QED) is 0.914. The first kappa shape index (κ1) is 15.8. The number of hydrogen-bond donors (Lipinski definition) is 1. The van der Waals surface area contributed by atoms with Crippen LogP contribution >= 0.6 is 11.6 Å². The van der Waals surface area contributed by atoms with E-state index in [-0.39, 0.29) is 11.6 Å². The summed E-state index contributed by atoms with van der Waals surface area (Å²) in [6.07, 6.45) is 4.95. The Hall–Kier alpha value is -0.570. The fourth-order valence-electron chi connectivity index (χ4n) is 3.65. The molecule has 0 radical (unpaired) electrons. The molecule has 0 aromatic heterocycles. The first-order valence-electron chi connectivity index (χ1n) is 7.54. The molecule has 1 saturated carbocycles. The van der Waals surface area contributed by atoms with Crippen LogP contribution in [-0.4, -0.2) is 35.7 Å². The van der Waals surface area contributed by atoms with Gasteiger partial charge in [-0.2, -0.15) is 0 Å². The number of nitrogens with zero attached hydrogens (tertiary/aromatic N) is 1. The van der Waals surface area contributed by atoms with Gasteiger partial charge in [-0.1, -0.05) is 43.5 Å². The third-order valence-corrected chi connectivity index (χ3v) is 5.07. The van der Waals surface area contributed by atoms with Crippen LogP contribution in [0, 0.1) is 5.92 Å². The van der Waals surface area contributed by atoms with Crippen molar-refractivity contribution in [2.75, 3.05) is 14.1 Å². The van der Waals surface area contributed by atoms with E-state index in [0.29, 0.717) is 12.3 Å². The Labute approximate surface area is 127 Å². The largest absolute Gasteiger partial charge is 0.391 e. The van der Waals surface area contributed by atoms with Crippen molar-refractivity contribution in [1.29, 1.82) is 0 Å². The maximum atomic E-state index is 10.9. The lowest BCUT2D eigenvalue weighted by atomic mass is 9.71. The molecule has 0 spiro atoms. The van der Waals surface area contributed by atoms with Crippen molar-refractivity contribution in [1.82, 2.24) is 4.90 Å². The summed E-state index contributed by atoms with van der Waals surface area (Å²) in [6.45, 7) is 2.30. The van der Waals surface area contributed by atoms with E-state index in [0.717, 1.165) is 23.4 Å². The van der Waals surface area contributed by atoms with Crippen LogP contribution in [0.2, 0.25) is 5.02 Å². The van der Waals surface area contributed by atoms with E-state index in [4.69, 9.17) is 11.6 Å². The average molecular weight is 296 g/mol. The van der Waals surface area contributed by atoms with Crippen molar-refractivity contribution < 1.29 is 5.11 Å². The van der Waals surface area contributed by atoms with Crippen molar-refractivity contribution in [2.45, 2.75) is 50.7 Å². The Morgan fingerprint density at radius 3 is 2.80 bits per heavy atom. The molecule has 3 atom stereocenters. The molecule has 3 unspecified atom stereocenters. The zero-order chi connectivity index (χ0) is 14.8. The predicted molar refractivity (Wildman–Crippen MR) is 85.2 cm³/mol. The Balaban J connectivity index is 2.17. The molecule has 0 heterocycles. The van der Waals surface area contributed by atoms with Crippen LogP contribution < -0.4 is 0 Å². The Kier molecular flexibility index (Phi) is 5.11. The minimum absolute atomic E-state index is 0.0972. The predicted octanol–water partition coefficient (Wildman–Crippen LogP) is 3.75. The van der Waals surface area contributed by atoms with Gasteiger partial charge in [0.2, 0.25) is 0 Å². The lowest BCUT2D eigenvalue weighted by molar-refractivity contribution is -0.0424. The molecule has 112 valence electrons. The maximum Gasteiger partial charge on any atom is 0.0763 e. The maximum absolute atomic E-state index is 10.9. The molecule has 1 aliphatic carbocycles. The summed E-state index contributed by atoms with van der Waals surface area (Å²) < 4.78 is 0. The van der Waals surface area contributed by atoms with Crippen molar-refractivity contribution in [2.24, 2.45) is 5.92 Å². The van der Waals surface area contributed by atoms with Crippen LogP contribution in [0.1, 0.15) is 38.2 Å². The van der Waals surface area contributed by atoms with Crippen molar-refractivity contribution in [3.8, 4) is 0 Å². The van der Waals surface area contributed by atoms with Crippen molar-refractivity contribution in [3.63, 3.8) is 0 Å². The average Bonchev–Trinajstić information content (AvgIpc) is 2.38. The number of hydrogen-bond acceptors (Lipinski definition) is 2. The number of likely N-dealkylation sites (N-methyl/N-ethyl adjacent to an activating group) is 1. The minimum Gasteiger partial charge on any atom is -0.391 e. The van der Waals surface area contributed by atoms with Gasteiger partial charge < -0.3 is 10.0 Å². The van der Waals surface area contributed by atoms with E-state index < -0.39 is 0 Å². The van der Waals surface area contributed by atoms with Crippen molar-refractivity contribution in [3.05, 3.63) is 34.9 Å². The smallest absolute Gasteiger partial charge is 0.0763 e. The molecule has 0 aliphatic heterocycles. The molecule has 20 heavy (non-hydrogen) atoms. The molecule has 1 aliphatic rings. The number of benzene rings is 1. The van der Waals surface area contributed by atoms with Crippen LogP contribution in [0.4, 0.5) is 0 Å². The summed E-state index contributed by atoms with van der Waals surface area (Å²) in [4.78, 5) is 2.23. The summed E-state index contributed by atoms with van der Waals surface area (Å²) in [5.41, 5.74) is 1.02. The lowest BCUT2D eigenvalue weighted by Crippen LogP contribution is -2.56. The fourth-order valence-corrected chi connectivity index (χ4v) is 3.86. The van der Waals surface area contributed by atoms with E-state index in [2.05, 4.69) is 25.9 Å². The number of rotatable bonds is 4. The first-order chi connectivity index (χ1) is 9.44. The summed E-state index contributed by atoms with van der Waals surface area (Å²) in [6, 6.07) is 7.84. The summed E-state index contributed by atoms with van der Waals surface area (Å²) in [5, 5.41) is 11.6. The van der Waals surface area contributed by atoms with Crippen LogP contribution in [0.3, 0.4) is 0 Å². The molecule has 1 N–H and O–H groups in total. The molecule has 0 bridgehead atoms. The molecule has 0 amide bonds. The zero-order valence-corrected chi connectivity index (χ0v) is 13.5. The van der Waals surface area contributed by atoms with Gasteiger partial charge in [0.1, 0.15) is 0 Å². The Morgan fingerprint density at radius 1 is 1.45 bits per heavy atom. The van der Waals surface area contributed by atoms with Gasteiger partial charge in [-0.15, -0.1) is 0 Å². The molecular weight excluding hydrogens is 270 g/mol. The Morgan fingerprint density at radius 2 is 2.20 bits per heavy atom. The number of halogens is 1. The molecular formula is C17H26ClNO. The second kappa shape index (κ2) is 6.46. The van der Waals surface area contributed by atoms with E-state index >= 15 is 0 Å². The van der Waals surface area contributed by atoms with Gasteiger partial charge >= 0.3 is 0 Å². The third kappa shape index (κ3) is 3.36. The standard InChI is InChI=1S/C17H26ClNO/c1-13-6-5-9-17(12-13,19(2)3)16(20)11-14-7-4-8-15(18)10-14/h4,7-8,10,13,16,20H,5-6,9,11-12H2,1-3H3. The van der Waals surface area contributed by atoms with E-state index in [1.54, 1.807) is 0 Å². The molecule has 1 aromatic carbocycles. The van der Waals surface area contributed by atoms with Crippen LogP contribution in [0.25, 0.3) is 0 Å². The number of aliphatic hydroxyl groups excluding tert-OH is 1. The zero-order valence-electron chi connectivity index (χ0n) is 12.8. The minimum atomic E-state index is -0.348. The fraction of sp³-hybridized carbons (Fsp3) is 0.647. The van der Waals surface area contributed by atoms with Gasteiger partial charge in [-0.25, -0.2) is 0 Å². The molecule has 2 nitrogen and oxygen atoms in total. The van der Waals surface area contributed by atoms with Crippen LogP contribution in [-0.2, 0) is 6.42 Å². The second-order valence-electron chi connectivity index (χ2n) is 6.55. The SMILES string of the molecule is CC1CCCC(C(O)Cc2cccc(Cl)c2)(N(C)C)C1. The van der Waals surface area contributed by atoms with Gasteiger partial charge in [0, 0.05) is 17.0 Å². The van der Waals surface area contributed by atoms with E-state index in [1.165, 1.54) is 12.8 Å². The Bertz CT molecular complexity index is 448. The van der Waals surface area contributed by atoms with Crippen LogP contribution in [0.15, 0.2) is 24.3 Å². The summed E-state index contributed by atoms with van der Waals surface area (Å²) >= 11 is 6.04. The second-order valence-corrected chi connectivity index (χ2v) is 6.99. The molecule has 1 fully saturated rings. The first-order valence-corrected chi connectivity index (χ1v) is 7.92. The van der Waals surface area contributed by atoms with Gasteiger partial charge in [0.15, 0.2) is 0 Å². The molecule has 3 heteroatoms. The van der Waals surface area contributed by atoms with Gasteiger partial charge in [-0.05, 0) is 50.6 Å². The van der Waals surface area contributed by atoms with Crippen molar-refractivity contribution >= 4 is 11.6 Å². The highest BCUT2D eigenvalue weighted by atomic mass is 35.5. The molecule has 1 aromatic rings. The normalized spacial score (nSPS) is 28.6. The van der Waals surface area contributed by atoms with Gasteiger partial charge in [0.05, 0.1) is 6.10 Å². The topological polar surface area (TPSA) is 23.5 Å². The van der Waals surface area contributed by atoms with Crippen LogP contribution in [0.5, 0.6) is 0 Å². The third-order valence-electron chi connectivity index (χ3n) is 4.84. The highest BCUT2D eigenvalue weighted by Crippen LogP contribution is 2.39. The van der Waals surface area contributed by atoms with E-state index in [1.807, 2.05) is 24.3 Å². The highest BCUT2D eigenvalue weighted by molar-refractivity contribution is 6.30.